The molecule has 0 saturated heterocycles. The van der Waals surface area contributed by atoms with Gasteiger partial charge in [0.1, 0.15) is 6.54 Å². The molecular formula is C16H18BrN3O4S. The highest BCUT2D eigenvalue weighted by Gasteiger charge is 2.18. The van der Waals surface area contributed by atoms with Gasteiger partial charge in [-0.25, -0.2) is 12.7 Å². The smallest absolute Gasteiger partial charge is 0.251 e. The molecule has 2 aromatic rings. The number of nitrogens with zero attached hydrogens (tertiary/aromatic N) is 2. The zero-order chi connectivity index (χ0) is 18.8. The Morgan fingerprint density at radius 3 is 2.52 bits per heavy atom. The SMILES string of the molecule is Cc1ccc(NC(=O)Cn2cc(S(=O)(=O)N(C)C)ccc2=O)c(Br)c1. The minimum atomic E-state index is -3.69. The average Bonchev–Trinajstić information content (AvgIpc) is 2.52. The molecule has 1 amide bonds. The lowest BCUT2D eigenvalue weighted by Crippen LogP contribution is -2.29. The fourth-order valence-corrected chi connectivity index (χ4v) is 3.58. The Labute approximate surface area is 154 Å². The molecular weight excluding hydrogens is 410 g/mol. The average molecular weight is 428 g/mol. The first-order valence-corrected chi connectivity index (χ1v) is 9.53. The van der Waals surface area contributed by atoms with Gasteiger partial charge in [0, 0.05) is 30.8 Å². The maximum absolute atomic E-state index is 12.2. The highest BCUT2D eigenvalue weighted by molar-refractivity contribution is 9.10. The van der Waals surface area contributed by atoms with Gasteiger partial charge in [0.05, 0.1) is 10.6 Å². The number of carbonyl (C=O) groups excluding carboxylic acids is 1. The third-order valence-electron chi connectivity index (χ3n) is 3.45. The molecule has 0 aliphatic heterocycles. The summed E-state index contributed by atoms with van der Waals surface area (Å²) in [5, 5.41) is 2.69. The predicted octanol–water partition coefficient (Wildman–Crippen LogP) is 1.81. The van der Waals surface area contributed by atoms with Crippen LogP contribution in [0.25, 0.3) is 0 Å². The minimum Gasteiger partial charge on any atom is -0.324 e. The van der Waals surface area contributed by atoms with E-state index in [0.717, 1.165) is 25.0 Å². The van der Waals surface area contributed by atoms with Crippen molar-refractivity contribution in [1.82, 2.24) is 8.87 Å². The number of rotatable bonds is 5. The first kappa shape index (κ1) is 19.4. The summed E-state index contributed by atoms with van der Waals surface area (Å²) < 4.78 is 27.1. The normalized spacial score (nSPS) is 11.6. The molecule has 9 heteroatoms. The fraction of sp³-hybridized carbons (Fsp3) is 0.250. The van der Waals surface area contributed by atoms with Crippen molar-refractivity contribution < 1.29 is 13.2 Å². The molecule has 0 atom stereocenters. The monoisotopic (exact) mass is 427 g/mol. The molecule has 0 radical (unpaired) electrons. The number of anilines is 1. The molecule has 7 nitrogen and oxygen atoms in total. The van der Waals surface area contributed by atoms with Crippen LogP contribution in [0.2, 0.25) is 0 Å². The predicted molar refractivity (Wildman–Crippen MR) is 99.1 cm³/mol. The molecule has 2 rings (SSSR count). The summed E-state index contributed by atoms with van der Waals surface area (Å²) >= 11 is 3.36. The summed E-state index contributed by atoms with van der Waals surface area (Å²) in [5.41, 5.74) is 1.14. The van der Waals surface area contributed by atoms with Crippen LogP contribution in [0, 0.1) is 6.92 Å². The number of amides is 1. The molecule has 1 N–H and O–H groups in total. The van der Waals surface area contributed by atoms with Crippen LogP contribution in [-0.2, 0) is 21.4 Å². The van der Waals surface area contributed by atoms with Gasteiger partial charge in [-0.15, -0.1) is 0 Å². The van der Waals surface area contributed by atoms with Crippen LogP contribution in [-0.4, -0.2) is 37.3 Å². The van der Waals surface area contributed by atoms with Gasteiger partial charge < -0.3 is 9.88 Å². The maximum atomic E-state index is 12.2. The van der Waals surface area contributed by atoms with Gasteiger partial charge in [-0.1, -0.05) is 6.07 Å². The second kappa shape index (κ2) is 7.51. The molecule has 1 aromatic carbocycles. The van der Waals surface area contributed by atoms with Gasteiger partial charge >= 0.3 is 0 Å². The van der Waals surface area contributed by atoms with Crippen molar-refractivity contribution >= 4 is 37.5 Å². The van der Waals surface area contributed by atoms with E-state index in [0.29, 0.717) is 5.69 Å². The van der Waals surface area contributed by atoms with Gasteiger partial charge in [-0.05, 0) is 46.6 Å². The summed E-state index contributed by atoms with van der Waals surface area (Å²) in [6, 6.07) is 7.80. The zero-order valence-corrected chi connectivity index (χ0v) is 16.4. The summed E-state index contributed by atoms with van der Waals surface area (Å²) in [7, 11) is -0.897. The number of halogens is 1. The van der Waals surface area contributed by atoms with Gasteiger partial charge in [0.25, 0.3) is 5.56 Å². The number of pyridine rings is 1. The third-order valence-corrected chi connectivity index (χ3v) is 5.90. The Kier molecular flexibility index (Phi) is 5.81. The van der Waals surface area contributed by atoms with Crippen molar-refractivity contribution in [3.63, 3.8) is 0 Å². The van der Waals surface area contributed by atoms with Gasteiger partial charge in [0.15, 0.2) is 0 Å². The molecule has 1 heterocycles. The topological polar surface area (TPSA) is 88.5 Å². The summed E-state index contributed by atoms with van der Waals surface area (Å²) in [6.45, 7) is 1.63. The molecule has 25 heavy (non-hydrogen) atoms. The first-order valence-electron chi connectivity index (χ1n) is 7.30. The Hall–Kier alpha value is -1.97. The second-order valence-corrected chi connectivity index (χ2v) is 8.66. The maximum Gasteiger partial charge on any atom is 0.251 e. The number of carbonyl (C=O) groups is 1. The number of sulfonamides is 1. The van der Waals surface area contributed by atoms with E-state index in [-0.39, 0.29) is 11.4 Å². The van der Waals surface area contributed by atoms with Crippen molar-refractivity contribution in [2.24, 2.45) is 0 Å². The van der Waals surface area contributed by atoms with Crippen LogP contribution in [0.3, 0.4) is 0 Å². The van der Waals surface area contributed by atoms with Crippen molar-refractivity contribution in [1.29, 1.82) is 0 Å². The Bertz CT molecular complexity index is 968. The fourth-order valence-electron chi connectivity index (χ4n) is 2.06. The van der Waals surface area contributed by atoms with Crippen LogP contribution in [0.1, 0.15) is 5.56 Å². The zero-order valence-electron chi connectivity index (χ0n) is 14.0. The van der Waals surface area contributed by atoms with Crippen molar-refractivity contribution in [2.45, 2.75) is 18.4 Å². The number of hydrogen-bond donors (Lipinski definition) is 1. The van der Waals surface area contributed by atoms with E-state index in [2.05, 4.69) is 21.2 Å². The van der Waals surface area contributed by atoms with Gasteiger partial charge in [-0.2, -0.15) is 0 Å². The second-order valence-electron chi connectivity index (χ2n) is 5.65. The summed E-state index contributed by atoms with van der Waals surface area (Å²) in [4.78, 5) is 24.1. The van der Waals surface area contributed by atoms with E-state index in [1.165, 1.54) is 26.4 Å². The quantitative estimate of drug-likeness (QED) is 0.787. The molecule has 0 bridgehead atoms. The number of aromatic nitrogens is 1. The molecule has 0 spiro atoms. The van der Waals surface area contributed by atoms with E-state index in [1.54, 1.807) is 6.07 Å². The van der Waals surface area contributed by atoms with Crippen molar-refractivity contribution in [2.75, 3.05) is 19.4 Å². The molecule has 0 aliphatic rings. The summed E-state index contributed by atoms with van der Waals surface area (Å²) in [5.74, 6) is -0.439. The van der Waals surface area contributed by atoms with Crippen LogP contribution >= 0.6 is 15.9 Å². The molecule has 0 saturated carbocycles. The van der Waals surface area contributed by atoms with Gasteiger partial charge in [0.2, 0.25) is 15.9 Å². The standard InChI is InChI=1S/C16H18BrN3O4S/c1-11-4-6-14(13(17)8-11)18-15(21)10-20-9-12(5-7-16(20)22)25(23,24)19(2)3/h4-9H,10H2,1-3H3,(H,18,21). The lowest BCUT2D eigenvalue weighted by Gasteiger charge is -2.13. The van der Waals surface area contributed by atoms with Crippen molar-refractivity contribution in [3.05, 3.63) is 56.9 Å². The van der Waals surface area contributed by atoms with E-state index in [1.807, 2.05) is 19.1 Å². The molecule has 0 unspecified atom stereocenters. The third kappa shape index (κ3) is 4.56. The Morgan fingerprint density at radius 1 is 1.24 bits per heavy atom. The lowest BCUT2D eigenvalue weighted by atomic mass is 10.2. The van der Waals surface area contributed by atoms with Gasteiger partial charge in [-0.3, -0.25) is 9.59 Å². The number of nitrogens with one attached hydrogen (secondary N) is 1. The van der Waals surface area contributed by atoms with Crippen LogP contribution < -0.4 is 10.9 Å². The first-order chi connectivity index (χ1) is 11.6. The van der Waals surface area contributed by atoms with E-state index in [9.17, 15) is 18.0 Å². The Morgan fingerprint density at radius 2 is 1.92 bits per heavy atom. The lowest BCUT2D eigenvalue weighted by molar-refractivity contribution is -0.116. The number of benzene rings is 1. The molecule has 1 aromatic heterocycles. The van der Waals surface area contributed by atoms with E-state index in [4.69, 9.17) is 0 Å². The highest BCUT2D eigenvalue weighted by atomic mass is 79.9. The van der Waals surface area contributed by atoms with Crippen LogP contribution in [0.5, 0.6) is 0 Å². The van der Waals surface area contributed by atoms with E-state index >= 15 is 0 Å². The molecule has 134 valence electrons. The van der Waals surface area contributed by atoms with Crippen LogP contribution in [0.4, 0.5) is 5.69 Å². The highest BCUT2D eigenvalue weighted by Crippen LogP contribution is 2.23. The number of aryl methyl sites for hydroxylation is 1. The molecule has 0 fully saturated rings. The minimum absolute atomic E-state index is 0.0542. The largest absolute Gasteiger partial charge is 0.324 e. The van der Waals surface area contributed by atoms with Crippen LogP contribution in [0.15, 0.2) is 50.7 Å². The van der Waals surface area contributed by atoms with Crippen molar-refractivity contribution in [3.8, 4) is 0 Å². The molecule has 0 aliphatic carbocycles. The van der Waals surface area contributed by atoms with E-state index < -0.39 is 21.5 Å². The Balaban J connectivity index is 2.25. The number of hydrogen-bond acceptors (Lipinski definition) is 4. The summed E-state index contributed by atoms with van der Waals surface area (Å²) in [6.07, 6.45) is 1.17.